The van der Waals surface area contributed by atoms with Gasteiger partial charge in [-0.05, 0) is 24.5 Å². The molecule has 0 saturated carbocycles. The quantitative estimate of drug-likeness (QED) is 0.629. The predicted molar refractivity (Wildman–Crippen MR) is 86.0 cm³/mol. The summed E-state index contributed by atoms with van der Waals surface area (Å²) < 4.78 is 0. The van der Waals surface area contributed by atoms with Crippen molar-refractivity contribution < 1.29 is 0 Å². The molecule has 3 N–H and O–H groups in total. The number of nitrogens with two attached hydrogens (primary N) is 1. The van der Waals surface area contributed by atoms with Crippen LogP contribution in [0.1, 0.15) is 24.5 Å². The zero-order chi connectivity index (χ0) is 14.4. The number of rotatable bonds is 6. The van der Waals surface area contributed by atoms with Crippen LogP contribution >= 0.6 is 11.8 Å². The summed E-state index contributed by atoms with van der Waals surface area (Å²) in [5.74, 6) is 2.00. The maximum absolute atomic E-state index is 5.75. The molecule has 5 heteroatoms. The minimum absolute atomic E-state index is 0.318. The van der Waals surface area contributed by atoms with Gasteiger partial charge in [0, 0.05) is 18.4 Å². The number of benzene rings is 1. The number of aryl methyl sites for hydroxylation is 1. The molecule has 0 bridgehead atoms. The van der Waals surface area contributed by atoms with Crippen LogP contribution in [0.4, 0.5) is 11.8 Å². The van der Waals surface area contributed by atoms with Gasteiger partial charge in [0.15, 0.2) is 0 Å². The number of nitrogens with one attached hydrogen (secondary N) is 1. The van der Waals surface area contributed by atoms with Crippen molar-refractivity contribution in [3.8, 4) is 0 Å². The third-order valence-corrected chi connectivity index (χ3v) is 3.87. The van der Waals surface area contributed by atoms with Gasteiger partial charge in [-0.3, -0.25) is 0 Å². The predicted octanol–water partition coefficient (Wildman–Crippen LogP) is 3.48. The van der Waals surface area contributed by atoms with Gasteiger partial charge < -0.3 is 11.1 Å². The Morgan fingerprint density at radius 3 is 2.80 bits per heavy atom. The van der Waals surface area contributed by atoms with Gasteiger partial charge in [0.05, 0.1) is 0 Å². The Bertz CT molecular complexity index is 572. The molecular formula is C15H20N4S. The molecule has 0 aliphatic carbocycles. The zero-order valence-corrected chi connectivity index (χ0v) is 12.7. The van der Waals surface area contributed by atoms with E-state index < -0.39 is 0 Å². The van der Waals surface area contributed by atoms with Gasteiger partial charge in [0.2, 0.25) is 5.95 Å². The summed E-state index contributed by atoms with van der Waals surface area (Å²) in [6.45, 7) is 5.13. The van der Waals surface area contributed by atoms with Gasteiger partial charge in [-0.1, -0.05) is 31.2 Å². The van der Waals surface area contributed by atoms with Crippen molar-refractivity contribution in [2.45, 2.75) is 31.0 Å². The fourth-order valence-electron chi connectivity index (χ4n) is 1.78. The fourth-order valence-corrected chi connectivity index (χ4v) is 2.76. The van der Waals surface area contributed by atoms with Crippen LogP contribution in [0.15, 0.2) is 35.4 Å². The normalized spacial score (nSPS) is 10.5. The van der Waals surface area contributed by atoms with E-state index in [2.05, 4.69) is 53.4 Å². The van der Waals surface area contributed by atoms with Crippen molar-refractivity contribution in [3.63, 3.8) is 0 Å². The van der Waals surface area contributed by atoms with Crippen LogP contribution in [0.2, 0.25) is 0 Å². The Morgan fingerprint density at radius 1 is 1.25 bits per heavy atom. The van der Waals surface area contributed by atoms with Crippen molar-refractivity contribution in [3.05, 3.63) is 41.5 Å². The maximum Gasteiger partial charge on any atom is 0.223 e. The minimum Gasteiger partial charge on any atom is -0.370 e. The molecule has 1 aromatic carbocycles. The van der Waals surface area contributed by atoms with E-state index in [9.17, 15) is 0 Å². The summed E-state index contributed by atoms with van der Waals surface area (Å²) in [7, 11) is 0. The highest BCUT2D eigenvalue weighted by molar-refractivity contribution is 7.98. The van der Waals surface area contributed by atoms with Crippen molar-refractivity contribution in [1.82, 2.24) is 9.97 Å². The molecule has 1 heterocycles. The van der Waals surface area contributed by atoms with E-state index in [0.717, 1.165) is 29.6 Å². The van der Waals surface area contributed by atoms with Gasteiger partial charge in [-0.2, -0.15) is 4.98 Å². The van der Waals surface area contributed by atoms with Gasteiger partial charge in [-0.15, -0.1) is 11.8 Å². The fraction of sp³-hybridized carbons (Fsp3) is 0.333. The first-order valence-corrected chi connectivity index (χ1v) is 7.73. The molecule has 0 unspecified atom stereocenters. The summed E-state index contributed by atoms with van der Waals surface area (Å²) in [6.07, 6.45) is 1.05. The second-order valence-corrected chi connectivity index (χ2v) is 5.59. The monoisotopic (exact) mass is 288 g/mol. The molecule has 0 aliphatic rings. The number of nitrogen functional groups attached to an aromatic ring is 1. The lowest BCUT2D eigenvalue weighted by Crippen LogP contribution is -2.05. The van der Waals surface area contributed by atoms with Crippen LogP contribution in [0.25, 0.3) is 0 Å². The van der Waals surface area contributed by atoms with E-state index in [4.69, 9.17) is 5.73 Å². The van der Waals surface area contributed by atoms with Crippen LogP contribution in [0, 0.1) is 6.92 Å². The molecule has 106 valence electrons. The lowest BCUT2D eigenvalue weighted by atomic mass is 10.1. The number of hydrogen-bond acceptors (Lipinski definition) is 5. The molecule has 20 heavy (non-hydrogen) atoms. The Morgan fingerprint density at radius 2 is 2.05 bits per heavy atom. The Kier molecular flexibility index (Phi) is 5.24. The zero-order valence-electron chi connectivity index (χ0n) is 11.9. The lowest BCUT2D eigenvalue weighted by Gasteiger charge is -2.08. The minimum atomic E-state index is 0.318. The number of nitrogens with zero attached hydrogens (tertiary/aromatic N) is 2. The largest absolute Gasteiger partial charge is 0.370 e. The first kappa shape index (κ1) is 14.7. The molecule has 0 radical (unpaired) electrons. The van der Waals surface area contributed by atoms with Gasteiger partial charge >= 0.3 is 0 Å². The molecule has 0 atom stereocenters. The Labute approximate surface area is 124 Å². The molecule has 0 fully saturated rings. The van der Waals surface area contributed by atoms with Crippen LogP contribution in [-0.4, -0.2) is 16.5 Å². The van der Waals surface area contributed by atoms with Crippen LogP contribution < -0.4 is 11.1 Å². The highest BCUT2D eigenvalue weighted by Gasteiger charge is 2.04. The van der Waals surface area contributed by atoms with E-state index in [1.807, 2.05) is 6.07 Å². The summed E-state index contributed by atoms with van der Waals surface area (Å²) in [4.78, 5) is 8.46. The van der Waals surface area contributed by atoms with Crippen molar-refractivity contribution >= 4 is 23.5 Å². The summed E-state index contributed by atoms with van der Waals surface area (Å²) >= 11 is 1.68. The van der Waals surface area contributed by atoms with Gasteiger partial charge in [0.1, 0.15) is 10.8 Å². The second-order valence-electron chi connectivity index (χ2n) is 4.59. The van der Waals surface area contributed by atoms with Crippen LogP contribution in [-0.2, 0) is 5.75 Å². The van der Waals surface area contributed by atoms with Gasteiger partial charge in [-0.25, -0.2) is 4.98 Å². The Balaban J connectivity index is 2.05. The van der Waals surface area contributed by atoms with Crippen molar-refractivity contribution in [2.24, 2.45) is 0 Å². The summed E-state index contributed by atoms with van der Waals surface area (Å²) in [5, 5.41) is 4.14. The Hall–Kier alpha value is -1.75. The van der Waals surface area contributed by atoms with Crippen molar-refractivity contribution in [2.75, 3.05) is 17.6 Å². The molecule has 1 aromatic heterocycles. The standard InChI is InChI=1S/C15H20N4S/c1-3-8-17-13-9-14(19-15(16)18-13)20-10-12-7-5-4-6-11(12)2/h4-7,9H,3,8,10H2,1-2H3,(H3,16,17,18,19). The van der Waals surface area contributed by atoms with Crippen molar-refractivity contribution in [1.29, 1.82) is 0 Å². The maximum atomic E-state index is 5.75. The SMILES string of the molecule is CCCNc1cc(SCc2ccccc2C)nc(N)n1. The van der Waals surface area contributed by atoms with Gasteiger partial charge in [0.25, 0.3) is 0 Å². The summed E-state index contributed by atoms with van der Waals surface area (Å²) in [5.41, 5.74) is 8.37. The topological polar surface area (TPSA) is 63.8 Å². The molecule has 4 nitrogen and oxygen atoms in total. The molecule has 2 rings (SSSR count). The molecule has 0 saturated heterocycles. The molecule has 0 spiro atoms. The van der Waals surface area contributed by atoms with Crippen LogP contribution in [0.3, 0.4) is 0 Å². The average Bonchev–Trinajstić information content (AvgIpc) is 2.44. The number of aromatic nitrogens is 2. The van der Waals surface area contributed by atoms with E-state index in [1.165, 1.54) is 11.1 Å². The molecular weight excluding hydrogens is 268 g/mol. The number of hydrogen-bond donors (Lipinski definition) is 2. The average molecular weight is 288 g/mol. The molecule has 0 amide bonds. The number of anilines is 2. The third-order valence-electron chi connectivity index (χ3n) is 2.91. The third kappa shape index (κ3) is 4.13. The van der Waals surface area contributed by atoms with E-state index in [-0.39, 0.29) is 0 Å². The lowest BCUT2D eigenvalue weighted by molar-refractivity contribution is 0.957. The highest BCUT2D eigenvalue weighted by atomic mass is 32.2. The second kappa shape index (κ2) is 7.14. The highest BCUT2D eigenvalue weighted by Crippen LogP contribution is 2.24. The first-order valence-electron chi connectivity index (χ1n) is 6.74. The van der Waals surface area contributed by atoms with E-state index in [0.29, 0.717) is 5.95 Å². The van der Waals surface area contributed by atoms with Crippen LogP contribution in [0.5, 0.6) is 0 Å². The first-order chi connectivity index (χ1) is 9.69. The molecule has 2 aromatic rings. The molecule has 0 aliphatic heterocycles. The summed E-state index contributed by atoms with van der Waals surface area (Å²) in [6, 6.07) is 10.3. The van der Waals surface area contributed by atoms with E-state index >= 15 is 0 Å². The number of thioether (sulfide) groups is 1. The smallest absolute Gasteiger partial charge is 0.223 e. The van der Waals surface area contributed by atoms with E-state index in [1.54, 1.807) is 11.8 Å².